The lowest BCUT2D eigenvalue weighted by Gasteiger charge is -2.43. The molecule has 130 valence electrons. The highest BCUT2D eigenvalue weighted by Crippen LogP contribution is 2.27. The summed E-state index contributed by atoms with van der Waals surface area (Å²) < 4.78 is 15.7. The molecule has 0 aromatic carbocycles. The van der Waals surface area contributed by atoms with Crippen molar-refractivity contribution in [2.24, 2.45) is 0 Å². The third kappa shape index (κ3) is 3.57. The predicted molar refractivity (Wildman–Crippen MR) is 67.2 cm³/mol. The van der Waals surface area contributed by atoms with E-state index in [1.54, 1.807) is 0 Å². The zero-order chi connectivity index (χ0) is 16.4. The minimum absolute atomic E-state index is 0.146. The Bertz CT molecular complexity index is 353. The molecule has 2 aliphatic rings. The van der Waals surface area contributed by atoms with Gasteiger partial charge in [-0.2, -0.15) is 0 Å². The molecule has 2 saturated heterocycles. The van der Waals surface area contributed by atoms with Crippen LogP contribution in [0, 0.1) is 0 Å². The molecule has 10 nitrogen and oxygen atoms in total. The largest absolute Gasteiger partial charge is 0.394 e. The molecule has 2 fully saturated rings. The highest BCUT2D eigenvalue weighted by molar-refractivity contribution is 4.90. The maximum atomic E-state index is 9.83. The van der Waals surface area contributed by atoms with Crippen molar-refractivity contribution in [1.29, 1.82) is 0 Å². The molecule has 2 heterocycles. The van der Waals surface area contributed by atoms with Crippen LogP contribution in [-0.4, -0.2) is 104 Å². The molecule has 0 radical (unpaired) electrons. The Morgan fingerprint density at radius 3 is 1.95 bits per heavy atom. The van der Waals surface area contributed by atoms with Gasteiger partial charge < -0.3 is 50.0 Å². The quantitative estimate of drug-likeness (QED) is 0.268. The fraction of sp³-hybridized carbons (Fsp3) is 1.00. The first-order valence-electron chi connectivity index (χ1n) is 6.97. The number of hydrogen-bond acceptors (Lipinski definition) is 10. The Morgan fingerprint density at radius 2 is 1.36 bits per heavy atom. The van der Waals surface area contributed by atoms with Crippen molar-refractivity contribution < 1.29 is 50.0 Å². The minimum Gasteiger partial charge on any atom is -0.394 e. The third-order valence-electron chi connectivity index (χ3n) is 3.85. The molecular weight excluding hydrogens is 304 g/mol. The van der Waals surface area contributed by atoms with Gasteiger partial charge in [0.25, 0.3) is 0 Å². The number of ether oxygens (including phenoxy) is 3. The van der Waals surface area contributed by atoms with Crippen LogP contribution in [0.15, 0.2) is 0 Å². The van der Waals surface area contributed by atoms with Gasteiger partial charge in [-0.15, -0.1) is 0 Å². The molecule has 0 amide bonds. The van der Waals surface area contributed by atoms with Crippen LogP contribution in [0.4, 0.5) is 0 Å². The first kappa shape index (κ1) is 17.9. The zero-order valence-corrected chi connectivity index (χ0v) is 11.7. The SMILES string of the molecule is OC[C@H]1O[C@H](O[C@@H]2C[C@@H](O)[C@H](O)[C@@H](CO)O2)[C@H](O)[C@@H](O)[C@@H]1O. The second-order valence-electron chi connectivity index (χ2n) is 5.41. The fourth-order valence-electron chi connectivity index (χ4n) is 2.48. The highest BCUT2D eigenvalue weighted by Gasteiger charge is 2.46. The van der Waals surface area contributed by atoms with Crippen molar-refractivity contribution in [3.05, 3.63) is 0 Å². The van der Waals surface area contributed by atoms with Gasteiger partial charge in [0, 0.05) is 6.42 Å². The monoisotopic (exact) mass is 326 g/mol. The van der Waals surface area contributed by atoms with Crippen LogP contribution in [-0.2, 0) is 14.2 Å². The molecule has 0 aromatic heterocycles. The molecule has 0 spiro atoms. The molecule has 0 bridgehead atoms. The second kappa shape index (κ2) is 7.45. The van der Waals surface area contributed by atoms with E-state index >= 15 is 0 Å². The highest BCUT2D eigenvalue weighted by atomic mass is 16.8. The molecular formula is C12H22O10. The van der Waals surface area contributed by atoms with Crippen molar-refractivity contribution in [2.75, 3.05) is 13.2 Å². The molecule has 2 aliphatic heterocycles. The van der Waals surface area contributed by atoms with E-state index in [0.29, 0.717) is 0 Å². The van der Waals surface area contributed by atoms with E-state index in [1.807, 2.05) is 0 Å². The molecule has 0 aromatic rings. The summed E-state index contributed by atoms with van der Waals surface area (Å²) in [5.41, 5.74) is 0. The smallest absolute Gasteiger partial charge is 0.189 e. The lowest BCUT2D eigenvalue weighted by molar-refractivity contribution is -0.358. The van der Waals surface area contributed by atoms with Crippen molar-refractivity contribution in [3.8, 4) is 0 Å². The van der Waals surface area contributed by atoms with Gasteiger partial charge in [0.2, 0.25) is 0 Å². The van der Waals surface area contributed by atoms with Crippen LogP contribution < -0.4 is 0 Å². The molecule has 9 atom stereocenters. The van der Waals surface area contributed by atoms with Gasteiger partial charge in [-0.25, -0.2) is 0 Å². The normalized spacial score (nSPS) is 50.0. The lowest BCUT2D eigenvalue weighted by atomic mass is 9.99. The van der Waals surface area contributed by atoms with Crippen LogP contribution in [0.3, 0.4) is 0 Å². The van der Waals surface area contributed by atoms with Crippen LogP contribution in [0.25, 0.3) is 0 Å². The zero-order valence-electron chi connectivity index (χ0n) is 11.7. The van der Waals surface area contributed by atoms with E-state index in [2.05, 4.69) is 0 Å². The van der Waals surface area contributed by atoms with Crippen molar-refractivity contribution in [2.45, 2.75) is 61.7 Å². The van der Waals surface area contributed by atoms with Gasteiger partial charge in [-0.1, -0.05) is 0 Å². The van der Waals surface area contributed by atoms with E-state index in [1.165, 1.54) is 0 Å². The summed E-state index contributed by atoms with van der Waals surface area (Å²) in [6.07, 6.45) is -12.1. The van der Waals surface area contributed by atoms with Crippen molar-refractivity contribution in [1.82, 2.24) is 0 Å². The Balaban J connectivity index is 2.00. The van der Waals surface area contributed by atoms with E-state index in [9.17, 15) is 25.5 Å². The molecule has 2 rings (SSSR count). The molecule has 0 saturated carbocycles. The number of rotatable bonds is 4. The first-order valence-corrected chi connectivity index (χ1v) is 6.97. The summed E-state index contributed by atoms with van der Waals surface area (Å²) in [5.74, 6) is 0. The van der Waals surface area contributed by atoms with Gasteiger partial charge in [-0.3, -0.25) is 0 Å². The average Bonchev–Trinajstić information content (AvgIpc) is 2.51. The molecule has 7 N–H and O–H groups in total. The Morgan fingerprint density at radius 1 is 0.773 bits per heavy atom. The van der Waals surface area contributed by atoms with Gasteiger partial charge in [-0.05, 0) is 0 Å². The third-order valence-corrected chi connectivity index (χ3v) is 3.85. The summed E-state index contributed by atoms with van der Waals surface area (Å²) in [7, 11) is 0. The number of hydrogen-bond donors (Lipinski definition) is 7. The summed E-state index contributed by atoms with van der Waals surface area (Å²) in [6, 6.07) is 0. The average molecular weight is 326 g/mol. The van der Waals surface area contributed by atoms with Crippen LogP contribution >= 0.6 is 0 Å². The van der Waals surface area contributed by atoms with E-state index < -0.39 is 68.5 Å². The van der Waals surface area contributed by atoms with Crippen LogP contribution in [0.5, 0.6) is 0 Å². The van der Waals surface area contributed by atoms with E-state index in [0.717, 1.165) is 0 Å². The van der Waals surface area contributed by atoms with Crippen LogP contribution in [0.2, 0.25) is 0 Å². The van der Waals surface area contributed by atoms with Gasteiger partial charge in [0.1, 0.15) is 36.6 Å². The first-order chi connectivity index (χ1) is 10.4. The summed E-state index contributed by atoms with van der Waals surface area (Å²) in [5, 5.41) is 66.6. The second-order valence-corrected chi connectivity index (χ2v) is 5.41. The summed E-state index contributed by atoms with van der Waals surface area (Å²) in [4.78, 5) is 0. The molecule has 10 heteroatoms. The standard InChI is InChI=1S/C12H22O10/c13-2-5-8(16)4(15)1-7(20-5)22-12-11(19)10(18)9(17)6(3-14)21-12/h4-19H,1-3H2/t4-,5-,6-,7-,8+,9-,10+,11-,12-/m1/s1. The maximum absolute atomic E-state index is 9.83. The fourth-order valence-corrected chi connectivity index (χ4v) is 2.48. The Labute approximate surface area is 126 Å². The molecule has 22 heavy (non-hydrogen) atoms. The van der Waals surface area contributed by atoms with E-state index in [-0.39, 0.29) is 6.42 Å². The Hall–Kier alpha value is -0.400. The number of aliphatic hydroxyl groups is 7. The molecule has 0 aliphatic carbocycles. The van der Waals surface area contributed by atoms with Crippen LogP contribution in [0.1, 0.15) is 6.42 Å². The summed E-state index contributed by atoms with van der Waals surface area (Å²) in [6.45, 7) is -1.15. The maximum Gasteiger partial charge on any atom is 0.189 e. The van der Waals surface area contributed by atoms with Gasteiger partial charge >= 0.3 is 0 Å². The predicted octanol–water partition coefficient (Wildman–Crippen LogP) is -4.37. The van der Waals surface area contributed by atoms with E-state index in [4.69, 9.17) is 24.4 Å². The summed E-state index contributed by atoms with van der Waals surface area (Å²) >= 11 is 0. The van der Waals surface area contributed by atoms with Gasteiger partial charge in [0.15, 0.2) is 12.6 Å². The van der Waals surface area contributed by atoms with Crippen molar-refractivity contribution >= 4 is 0 Å². The molecule has 0 unspecified atom stereocenters. The minimum atomic E-state index is -1.60. The Kier molecular flexibility index (Phi) is 6.07. The lowest BCUT2D eigenvalue weighted by Crippen LogP contribution is -2.60. The van der Waals surface area contributed by atoms with Gasteiger partial charge in [0.05, 0.1) is 19.3 Å². The topological polar surface area (TPSA) is 169 Å². The number of aliphatic hydroxyl groups excluding tert-OH is 7. The van der Waals surface area contributed by atoms with Crippen molar-refractivity contribution in [3.63, 3.8) is 0 Å².